The van der Waals surface area contributed by atoms with Crippen molar-refractivity contribution in [3.05, 3.63) is 59.8 Å². The number of fused-ring (bicyclic) bond motifs is 2. The number of hydroxylamine groups is 1. The van der Waals surface area contributed by atoms with Crippen LogP contribution < -0.4 is 38.6 Å². The fourth-order valence-electron chi connectivity index (χ4n) is 6.27. The molecule has 12 nitrogen and oxygen atoms in total. The molecule has 0 radical (unpaired) electrons. The van der Waals surface area contributed by atoms with E-state index < -0.39 is 0 Å². The van der Waals surface area contributed by atoms with Gasteiger partial charge in [-0.25, -0.2) is 0 Å². The molecule has 3 aliphatic heterocycles. The van der Waals surface area contributed by atoms with E-state index in [4.69, 9.17) is 38.0 Å². The van der Waals surface area contributed by atoms with Crippen molar-refractivity contribution in [2.45, 2.75) is 37.8 Å². The highest BCUT2D eigenvalue weighted by molar-refractivity contribution is 6.03. The third-order valence-corrected chi connectivity index (χ3v) is 8.65. The van der Waals surface area contributed by atoms with Crippen LogP contribution in [0.25, 0.3) is 11.1 Å². The van der Waals surface area contributed by atoms with Gasteiger partial charge in [0.25, 0.3) is 5.91 Å². The van der Waals surface area contributed by atoms with E-state index in [1.807, 2.05) is 41.5 Å². The van der Waals surface area contributed by atoms with E-state index in [0.717, 1.165) is 36.1 Å². The van der Waals surface area contributed by atoms with Gasteiger partial charge in [-0.3, -0.25) is 20.1 Å². The molecule has 3 aromatic rings. The van der Waals surface area contributed by atoms with Crippen molar-refractivity contribution >= 4 is 17.8 Å². The maximum absolute atomic E-state index is 13.2. The van der Waals surface area contributed by atoms with Crippen LogP contribution in [0.15, 0.2) is 53.7 Å². The summed E-state index contributed by atoms with van der Waals surface area (Å²) in [4.78, 5) is 25.4. The molecule has 0 spiro atoms. The van der Waals surface area contributed by atoms with Crippen LogP contribution in [0, 0.1) is 0 Å². The number of nitrogens with one attached hydrogen (secondary N) is 1. The van der Waals surface area contributed by atoms with Gasteiger partial charge in [0, 0.05) is 36.2 Å². The largest absolute Gasteiger partial charge is 0.493 e. The highest BCUT2D eigenvalue weighted by Gasteiger charge is 2.32. The molecule has 2 atom stereocenters. The van der Waals surface area contributed by atoms with E-state index in [1.165, 1.54) is 0 Å². The van der Waals surface area contributed by atoms with Gasteiger partial charge in [0.05, 0.1) is 66.1 Å². The normalized spacial score (nSPS) is 17.7. The van der Waals surface area contributed by atoms with E-state index >= 15 is 0 Å². The summed E-state index contributed by atoms with van der Waals surface area (Å²) < 4.78 is 40.9. The molecule has 6 rings (SSSR count). The molecule has 1 unspecified atom stereocenters. The topological polar surface area (TPSA) is 119 Å². The van der Waals surface area contributed by atoms with Crippen LogP contribution in [0.2, 0.25) is 0 Å². The van der Waals surface area contributed by atoms with Crippen molar-refractivity contribution in [2.75, 3.05) is 55.3 Å². The van der Waals surface area contributed by atoms with E-state index in [1.54, 1.807) is 53.9 Å². The van der Waals surface area contributed by atoms with Gasteiger partial charge in [-0.05, 0) is 67.7 Å². The highest BCUT2D eigenvalue weighted by atomic mass is 16.7. The average Bonchev–Trinajstić information content (AvgIpc) is 3.82. The molecule has 254 valence electrons. The predicted molar refractivity (Wildman–Crippen MR) is 180 cm³/mol. The molecule has 3 aromatic carbocycles. The molecule has 0 saturated carbocycles. The number of amides is 1. The molecule has 0 aromatic heterocycles. The van der Waals surface area contributed by atoms with Gasteiger partial charge in [0.15, 0.2) is 34.5 Å². The number of methoxy groups -OCH3 is 5. The highest BCUT2D eigenvalue weighted by Crippen LogP contribution is 2.50. The number of ether oxygens (including phenoxy) is 7. The maximum atomic E-state index is 13.2. The number of carbonyl (C=O) groups excluding carboxylic acids is 1. The lowest BCUT2D eigenvalue weighted by molar-refractivity contribution is 0.0468. The van der Waals surface area contributed by atoms with Gasteiger partial charge >= 0.3 is 0 Å². The molecule has 3 aliphatic rings. The van der Waals surface area contributed by atoms with Crippen LogP contribution in [0.1, 0.15) is 47.7 Å². The molecule has 0 bridgehead atoms. The lowest BCUT2D eigenvalue weighted by Crippen LogP contribution is -2.35. The van der Waals surface area contributed by atoms with Crippen molar-refractivity contribution in [1.29, 1.82) is 0 Å². The first-order valence-corrected chi connectivity index (χ1v) is 15.9. The molecule has 0 aliphatic carbocycles. The zero-order valence-corrected chi connectivity index (χ0v) is 27.9. The summed E-state index contributed by atoms with van der Waals surface area (Å²) in [6, 6.07) is 11.2. The number of benzene rings is 3. The summed E-state index contributed by atoms with van der Waals surface area (Å²) in [5, 5.41) is 0. The van der Waals surface area contributed by atoms with Crippen LogP contribution in [-0.2, 0) is 4.84 Å². The van der Waals surface area contributed by atoms with Gasteiger partial charge in [-0.2, -0.15) is 0 Å². The van der Waals surface area contributed by atoms with Crippen LogP contribution in [0.4, 0.5) is 5.69 Å². The Hall–Kier alpha value is -5.10. The lowest BCUT2D eigenvalue weighted by Gasteiger charge is -2.21. The standard InChI is InChI=1S/C36H41N3O9/c1-41-29-11-10-24(34(44-4)35(29)45-5)25-17-22(28-12-13-38-48-28)18-32(33(25)43-3)47-16-7-6-15-46-31-20-27-26(19-30(31)42-2)36(40)39-14-8-9-23(39)21-37-27/h10-13,17-21,23,28,38H,6-9,14-16H2,1-5H3/t23-,28?/m0/s1. The fourth-order valence-corrected chi connectivity index (χ4v) is 6.27. The van der Waals surface area contributed by atoms with Gasteiger partial charge < -0.3 is 38.1 Å². The molecule has 1 fully saturated rings. The summed E-state index contributed by atoms with van der Waals surface area (Å²) in [6.45, 7) is 1.56. The Balaban J connectivity index is 1.17. The zero-order chi connectivity index (χ0) is 33.6. The average molecular weight is 660 g/mol. The number of carbonyl (C=O) groups is 1. The van der Waals surface area contributed by atoms with Crippen LogP contribution in [-0.4, -0.2) is 78.4 Å². The Labute approximate surface area is 280 Å². The Morgan fingerprint density at radius 3 is 2.23 bits per heavy atom. The number of hydrogen-bond donors (Lipinski definition) is 1. The van der Waals surface area contributed by atoms with E-state index in [9.17, 15) is 4.79 Å². The van der Waals surface area contributed by atoms with Crippen molar-refractivity contribution < 1.29 is 42.8 Å². The second-order valence-electron chi connectivity index (χ2n) is 11.4. The molecule has 12 heteroatoms. The molecule has 1 N–H and O–H groups in total. The fraction of sp³-hybridized carbons (Fsp3) is 0.389. The SMILES string of the molecule is COc1cc2c(cc1OCCCCOc1cc(C3C=CNO3)cc(-c3ccc(OC)c(OC)c3OC)c1OC)N=C[C@@H]1CCCN1C2=O. The third kappa shape index (κ3) is 6.40. The molecular weight excluding hydrogens is 618 g/mol. The summed E-state index contributed by atoms with van der Waals surface area (Å²) in [5.41, 5.74) is 6.26. The zero-order valence-electron chi connectivity index (χ0n) is 27.9. The minimum absolute atomic E-state index is 0.0222. The monoisotopic (exact) mass is 659 g/mol. The van der Waals surface area contributed by atoms with Crippen molar-refractivity contribution in [1.82, 2.24) is 10.4 Å². The van der Waals surface area contributed by atoms with E-state index in [-0.39, 0.29) is 18.1 Å². The first kappa shape index (κ1) is 32.8. The number of unbranched alkanes of at least 4 members (excludes halogenated alkanes) is 1. The number of hydrogen-bond acceptors (Lipinski definition) is 11. The first-order chi connectivity index (χ1) is 23.5. The maximum Gasteiger partial charge on any atom is 0.256 e. The van der Waals surface area contributed by atoms with Crippen LogP contribution in [0.3, 0.4) is 0 Å². The van der Waals surface area contributed by atoms with Crippen LogP contribution >= 0.6 is 0 Å². The molecule has 48 heavy (non-hydrogen) atoms. The summed E-state index contributed by atoms with van der Waals surface area (Å²) in [7, 11) is 7.91. The first-order valence-electron chi connectivity index (χ1n) is 15.9. The van der Waals surface area contributed by atoms with Crippen LogP contribution in [0.5, 0.6) is 40.2 Å². The molecule has 3 heterocycles. The number of nitrogens with zero attached hydrogens (tertiary/aromatic N) is 2. The molecule has 1 saturated heterocycles. The minimum atomic E-state index is -0.330. The summed E-state index contributed by atoms with van der Waals surface area (Å²) in [6.07, 6.45) is 8.51. The third-order valence-electron chi connectivity index (χ3n) is 8.65. The molecule has 1 amide bonds. The van der Waals surface area contributed by atoms with E-state index in [0.29, 0.717) is 77.6 Å². The van der Waals surface area contributed by atoms with Gasteiger partial charge in [0.2, 0.25) is 5.75 Å². The number of aliphatic imine (C=N–C) groups is 1. The second-order valence-corrected chi connectivity index (χ2v) is 11.4. The second kappa shape index (κ2) is 14.8. The predicted octanol–water partition coefficient (Wildman–Crippen LogP) is 6.04. The molecular formula is C36H41N3O9. The number of rotatable bonds is 14. The van der Waals surface area contributed by atoms with Gasteiger partial charge in [-0.15, -0.1) is 0 Å². The Morgan fingerprint density at radius 1 is 0.792 bits per heavy atom. The lowest BCUT2D eigenvalue weighted by atomic mass is 9.97. The van der Waals surface area contributed by atoms with Gasteiger partial charge in [0.1, 0.15) is 6.10 Å². The van der Waals surface area contributed by atoms with Crippen molar-refractivity contribution in [3.63, 3.8) is 0 Å². The quantitative estimate of drug-likeness (QED) is 0.205. The van der Waals surface area contributed by atoms with Crippen molar-refractivity contribution in [2.24, 2.45) is 4.99 Å². The van der Waals surface area contributed by atoms with E-state index in [2.05, 4.69) is 10.5 Å². The Kier molecular flexibility index (Phi) is 10.1. The van der Waals surface area contributed by atoms with Crippen molar-refractivity contribution in [3.8, 4) is 51.4 Å². The Morgan fingerprint density at radius 2 is 1.54 bits per heavy atom. The summed E-state index contributed by atoms with van der Waals surface area (Å²) >= 11 is 0. The summed E-state index contributed by atoms with van der Waals surface area (Å²) in [5.74, 6) is 3.64. The van der Waals surface area contributed by atoms with Gasteiger partial charge in [-0.1, -0.05) is 0 Å². The minimum Gasteiger partial charge on any atom is -0.493 e. The Bertz CT molecular complexity index is 1710. The smallest absolute Gasteiger partial charge is 0.256 e.